The highest BCUT2D eigenvalue weighted by Gasteiger charge is 2.30. The Morgan fingerprint density at radius 3 is 1.76 bits per heavy atom. The number of aromatic nitrogens is 2. The number of esters is 1. The molecule has 3 heterocycles. The molecule has 1 aliphatic heterocycles. The van der Waals surface area contributed by atoms with Gasteiger partial charge >= 0.3 is 18.1 Å². The van der Waals surface area contributed by atoms with Crippen LogP contribution < -0.4 is 48.3 Å². The normalized spacial score (nSPS) is 12.2. The number of rotatable bonds is 50. The zero-order chi connectivity index (χ0) is 67.0. The number of aryl methyl sites for hydroxylation is 1. The van der Waals surface area contributed by atoms with Crippen molar-refractivity contribution in [1.29, 1.82) is 0 Å². The van der Waals surface area contributed by atoms with Crippen LogP contribution in [0.15, 0.2) is 53.3 Å². The van der Waals surface area contributed by atoms with Gasteiger partial charge in [0.2, 0.25) is 17.7 Å². The number of ether oxygens (including phenoxy) is 12. The largest absolute Gasteiger partial charge is 0.507 e. The van der Waals surface area contributed by atoms with E-state index in [0.29, 0.717) is 159 Å². The molecule has 10 N–H and O–H groups in total. The Morgan fingerprint density at radius 1 is 0.645 bits per heavy atom. The number of nitrogens with zero attached hydrogens (tertiary/aromatic N) is 2. The van der Waals surface area contributed by atoms with E-state index in [2.05, 4.69) is 26.6 Å². The molecule has 29 heteroatoms. The second-order valence-corrected chi connectivity index (χ2v) is 21.5. The summed E-state index contributed by atoms with van der Waals surface area (Å²) >= 11 is 0. The number of aromatic hydroxyl groups is 1. The number of urea groups is 1. The van der Waals surface area contributed by atoms with Gasteiger partial charge in [0.25, 0.3) is 5.56 Å². The zero-order valence-electron chi connectivity index (χ0n) is 54.0. The van der Waals surface area contributed by atoms with Gasteiger partial charge in [0, 0.05) is 55.2 Å². The molecule has 93 heavy (non-hydrogen) atoms. The quantitative estimate of drug-likeness (QED) is 0.0204. The second kappa shape index (κ2) is 44.1. The Hall–Kier alpha value is -7.58. The van der Waals surface area contributed by atoms with Crippen LogP contribution in [0.5, 0.6) is 11.5 Å². The van der Waals surface area contributed by atoms with Crippen LogP contribution >= 0.6 is 0 Å². The van der Waals surface area contributed by atoms with Crippen molar-refractivity contribution >= 4 is 52.4 Å². The Labute approximate surface area is 542 Å². The molecule has 2 atom stereocenters. The number of fused-ring (bicyclic) bond motifs is 4. The lowest BCUT2D eigenvalue weighted by atomic mass is 9.98. The van der Waals surface area contributed by atoms with Gasteiger partial charge < -0.3 is 105 Å². The van der Waals surface area contributed by atoms with Crippen molar-refractivity contribution in [3.63, 3.8) is 0 Å². The lowest BCUT2D eigenvalue weighted by Gasteiger charge is -2.25. The van der Waals surface area contributed by atoms with Crippen LogP contribution in [0.2, 0.25) is 0 Å². The van der Waals surface area contributed by atoms with Gasteiger partial charge in [-0.15, -0.1) is 0 Å². The molecule has 1 unspecified atom stereocenters. The minimum atomic E-state index is -1.06. The van der Waals surface area contributed by atoms with Crippen molar-refractivity contribution < 1.29 is 90.7 Å². The first-order valence-electron chi connectivity index (χ1n) is 31.7. The highest BCUT2D eigenvalue weighted by molar-refractivity contribution is 5.98. The predicted molar refractivity (Wildman–Crippen MR) is 342 cm³/mol. The summed E-state index contributed by atoms with van der Waals surface area (Å²) in [5.41, 5.74) is 14.8. The van der Waals surface area contributed by atoms with Gasteiger partial charge in [0.1, 0.15) is 36.8 Å². The van der Waals surface area contributed by atoms with Gasteiger partial charge in [-0.2, -0.15) is 0 Å². The molecule has 0 saturated carbocycles. The summed E-state index contributed by atoms with van der Waals surface area (Å²) in [6.07, 6.45) is 0.993. The van der Waals surface area contributed by atoms with E-state index in [9.17, 15) is 38.7 Å². The van der Waals surface area contributed by atoms with E-state index in [-0.39, 0.29) is 95.8 Å². The van der Waals surface area contributed by atoms with Crippen LogP contribution in [0.1, 0.15) is 82.1 Å². The molecule has 2 aromatic carbocycles. The highest BCUT2D eigenvalue weighted by atomic mass is 16.6. The third-order valence-corrected chi connectivity index (χ3v) is 14.2. The number of primary amides is 1. The van der Waals surface area contributed by atoms with Gasteiger partial charge in [0.15, 0.2) is 0 Å². The molecule has 0 radical (unpaired) electrons. The maximum Gasteiger partial charge on any atom is 0.407 e. The summed E-state index contributed by atoms with van der Waals surface area (Å²) in [7, 11) is 0. The van der Waals surface area contributed by atoms with Crippen molar-refractivity contribution in [2.75, 3.05) is 150 Å². The predicted octanol–water partition coefficient (Wildman–Crippen LogP) is 3.35. The summed E-state index contributed by atoms with van der Waals surface area (Å²) in [6, 6.07) is 10.8. The lowest BCUT2D eigenvalue weighted by molar-refractivity contribution is -0.144. The molecule has 2 aromatic heterocycles. The minimum Gasteiger partial charge on any atom is -0.507 e. The number of hydrogen-bond donors (Lipinski definition) is 8. The smallest absolute Gasteiger partial charge is 0.407 e. The van der Waals surface area contributed by atoms with Gasteiger partial charge in [-0.25, -0.2) is 14.6 Å². The highest BCUT2D eigenvalue weighted by Crippen LogP contribution is 2.38. The van der Waals surface area contributed by atoms with Gasteiger partial charge in [-0.3, -0.25) is 24.0 Å². The van der Waals surface area contributed by atoms with E-state index in [1.807, 2.05) is 19.1 Å². The number of carbonyl (C=O) groups is 6. The first-order chi connectivity index (χ1) is 45.1. The molecule has 516 valence electrons. The standard InChI is InChI=1S/C64H95N9O20/c1-5-48-49-39-47(14-15-52(49)70-59-50(48)41-73-54(59)40-55(74)51(62(73)79)43-92-57(76)6-2)91-20-8-19-68-64(81)93-42-45-10-12-46(13-11-45)69-60(77)53(9-7-18-67-63(66)80)71-61(78)58(44(3)4)72-56(75)16-21-82-23-25-84-27-29-86-31-33-88-35-37-90-38-36-89-34-32-87-30-28-85-26-24-83-22-17-65/h10-15,39-40,44,53,58,74H,5-9,16-38,41-43,65H2,1-4H3,(H,68,81)(H,69,77)(H,71,78)(H,72,75)(H3,66,67,80)/t53-,58?/m0/s1. The molecular formula is C64H95N9O20. The van der Waals surface area contributed by atoms with Crippen LogP contribution in [0.25, 0.3) is 22.3 Å². The van der Waals surface area contributed by atoms with Gasteiger partial charge in [0.05, 0.1) is 155 Å². The SMILES string of the molecule is CCC(=O)OCc1c(O)cc2n(c1=O)Cc1c-2nc2ccc(OCCCNC(=O)OCc3ccc(NC(=O)[C@H](CCCNC(N)=O)NC(=O)C(NC(=O)CCOCCOCCOCCOCCOCCOCCOCCOCCOCCN)C(C)C)cc3)cc2c1CC. The molecule has 4 aromatic rings. The van der Waals surface area contributed by atoms with Crippen molar-refractivity contribution in [3.05, 3.63) is 81.1 Å². The molecule has 0 saturated heterocycles. The number of carbonyl (C=O) groups excluding carboxylic acids is 6. The fraction of sp³-hybridized carbons (Fsp3) is 0.594. The average Bonchev–Trinajstić information content (AvgIpc) is 1.61. The van der Waals surface area contributed by atoms with Crippen molar-refractivity contribution in [2.45, 2.75) is 98.1 Å². The Kier molecular flexibility index (Phi) is 36.1. The molecule has 1 aliphatic rings. The van der Waals surface area contributed by atoms with Crippen LogP contribution in [-0.2, 0) is 97.5 Å². The number of amides is 6. The van der Waals surface area contributed by atoms with Crippen molar-refractivity contribution in [3.8, 4) is 22.9 Å². The number of pyridine rings is 2. The number of anilines is 1. The zero-order valence-corrected chi connectivity index (χ0v) is 54.0. The van der Waals surface area contributed by atoms with E-state index in [1.165, 1.54) is 10.6 Å². The average molecular weight is 1310 g/mol. The van der Waals surface area contributed by atoms with Gasteiger partial charge in [-0.05, 0) is 73.1 Å². The van der Waals surface area contributed by atoms with E-state index in [0.717, 1.165) is 16.5 Å². The fourth-order valence-corrected chi connectivity index (χ4v) is 9.31. The number of nitrogens with one attached hydrogen (secondary N) is 5. The van der Waals surface area contributed by atoms with Crippen LogP contribution in [-0.4, -0.2) is 208 Å². The number of nitrogens with two attached hydrogens (primary N) is 2. The Morgan fingerprint density at radius 2 is 1.22 bits per heavy atom. The Bertz CT molecular complexity index is 2990. The first-order valence-corrected chi connectivity index (χ1v) is 31.7. The Balaban J connectivity index is 0.921. The molecule has 5 rings (SSSR count). The summed E-state index contributed by atoms with van der Waals surface area (Å²) in [5.74, 6) is -2.04. The monoisotopic (exact) mass is 1310 g/mol. The van der Waals surface area contributed by atoms with E-state index < -0.39 is 53.5 Å². The lowest BCUT2D eigenvalue weighted by Crippen LogP contribution is -2.54. The number of benzene rings is 2. The molecule has 0 fully saturated rings. The molecule has 6 amide bonds. The van der Waals surface area contributed by atoms with Crippen LogP contribution in [0, 0.1) is 5.92 Å². The molecule has 0 spiro atoms. The topological polar surface area (TPSA) is 380 Å². The fourth-order valence-electron chi connectivity index (χ4n) is 9.31. The minimum absolute atomic E-state index is 0.00469. The summed E-state index contributed by atoms with van der Waals surface area (Å²) in [4.78, 5) is 94.4. The number of hydrogen-bond acceptors (Lipinski definition) is 22. The number of alkyl carbamates (subject to hydrolysis) is 1. The third-order valence-electron chi connectivity index (χ3n) is 14.2. The van der Waals surface area contributed by atoms with Crippen molar-refractivity contribution in [2.24, 2.45) is 17.4 Å². The molecular weight excluding hydrogens is 1210 g/mol. The van der Waals surface area contributed by atoms with E-state index in [1.54, 1.807) is 51.1 Å². The summed E-state index contributed by atoms with van der Waals surface area (Å²) in [5, 5.41) is 25.1. The molecule has 0 aliphatic carbocycles. The molecule has 0 bridgehead atoms. The second-order valence-electron chi connectivity index (χ2n) is 21.5. The van der Waals surface area contributed by atoms with Crippen LogP contribution in [0.4, 0.5) is 15.3 Å². The maximum absolute atomic E-state index is 13.7. The van der Waals surface area contributed by atoms with Crippen molar-refractivity contribution in [1.82, 2.24) is 30.8 Å². The summed E-state index contributed by atoms with van der Waals surface area (Å²) in [6.45, 7) is 15.6. The van der Waals surface area contributed by atoms with Crippen LogP contribution in [0.3, 0.4) is 0 Å². The van der Waals surface area contributed by atoms with E-state index >= 15 is 0 Å². The van der Waals surface area contributed by atoms with E-state index in [4.69, 9.17) is 73.3 Å². The summed E-state index contributed by atoms with van der Waals surface area (Å²) < 4.78 is 67.3. The third kappa shape index (κ3) is 28.3. The maximum atomic E-state index is 13.7. The first kappa shape index (κ1) is 76.1. The molecule has 29 nitrogen and oxygen atoms in total. The van der Waals surface area contributed by atoms with Gasteiger partial charge in [-0.1, -0.05) is 39.8 Å².